The van der Waals surface area contributed by atoms with Crippen molar-refractivity contribution < 1.29 is 32.9 Å². The molecule has 260 valence electrons. The summed E-state index contributed by atoms with van der Waals surface area (Å²) in [5.41, 5.74) is -3.19. The van der Waals surface area contributed by atoms with Crippen molar-refractivity contribution in [3.05, 3.63) is 131 Å². The molecule has 2 aromatic heterocycles. The summed E-state index contributed by atoms with van der Waals surface area (Å²) in [7, 11) is 0. The Balaban J connectivity index is 1.62. The molecule has 0 bridgehead atoms. The van der Waals surface area contributed by atoms with E-state index >= 15 is 0 Å². The van der Waals surface area contributed by atoms with Crippen molar-refractivity contribution in [3.63, 3.8) is 0 Å². The second-order valence-corrected chi connectivity index (χ2v) is 14.1. The highest BCUT2D eigenvalue weighted by atomic mass is 32.1. The number of aryl methyl sites for hydroxylation is 1. The number of thiophene rings is 1. The fourth-order valence-corrected chi connectivity index (χ4v) is 9.33. The monoisotopic (exact) mass is 721 g/mol. The quantitative estimate of drug-likeness (QED) is 0.178. The minimum atomic E-state index is -4.57. The maximum atomic E-state index is 11.6. The second-order valence-electron chi connectivity index (χ2n) is 13.0. The summed E-state index contributed by atoms with van der Waals surface area (Å²) >= 11 is 1.05. The van der Waals surface area contributed by atoms with Gasteiger partial charge in [0.05, 0.1) is 16.0 Å². The first-order valence-corrected chi connectivity index (χ1v) is 17.7. The SMILES string of the molecule is [2H]C1=C([2H])C([2H])(C2([2H])C([2H])C([2H])([2H])C([2H])([2H])C([2H])([2H])C2([2H])[2H])C(c2c(-c3c(C)c(C)cc4c3Cc3ccccc3-4)ccc3sc4ccccc4c23)(C2([2H])C([2H])C([2H])([2H])C([2H])([2H])C([2H])([2H])C2([2H])[2H])C(c2ccnnn2)=C1[2H]. The van der Waals surface area contributed by atoms with Gasteiger partial charge in [0.15, 0.2) is 0 Å². The van der Waals surface area contributed by atoms with E-state index in [0.717, 1.165) is 34.7 Å². The number of allylic oxidation sites excluding steroid dienone is 4. The van der Waals surface area contributed by atoms with Crippen molar-refractivity contribution in [3.8, 4) is 22.3 Å². The molecule has 2 saturated carbocycles. The highest BCUT2D eigenvalue weighted by Crippen LogP contribution is 2.63. The van der Waals surface area contributed by atoms with Crippen molar-refractivity contribution in [1.82, 2.24) is 15.4 Å². The van der Waals surface area contributed by atoms with E-state index in [1.54, 1.807) is 50.2 Å². The van der Waals surface area contributed by atoms with E-state index < -0.39 is 122 Å². The molecule has 2 fully saturated rings. The zero-order chi connectivity index (χ0) is 56.3. The molecule has 0 saturated heterocycles. The lowest BCUT2D eigenvalue weighted by molar-refractivity contribution is 0.143. The third-order valence-corrected chi connectivity index (χ3v) is 11.6. The molecule has 10 rings (SSSR count). The van der Waals surface area contributed by atoms with Crippen LogP contribution >= 0.6 is 11.3 Å². The zero-order valence-electron chi connectivity index (χ0n) is 52.1. The minimum absolute atomic E-state index is 0.153. The fraction of sp³-hybridized carbons (Fsp3) is 0.354. The van der Waals surface area contributed by atoms with Gasteiger partial charge >= 0.3 is 0 Å². The van der Waals surface area contributed by atoms with Gasteiger partial charge in [0.2, 0.25) is 0 Å². The maximum absolute atomic E-state index is 11.6. The molecule has 0 radical (unpaired) electrons. The molecular formula is C48H47N3S. The Morgan fingerprint density at radius 1 is 0.846 bits per heavy atom. The summed E-state index contributed by atoms with van der Waals surface area (Å²) in [5, 5.41) is 11.6. The number of aromatic nitrogens is 3. The molecule has 0 aliphatic heterocycles. The summed E-state index contributed by atoms with van der Waals surface area (Å²) in [6.45, 7) is 3.45. The van der Waals surface area contributed by atoms with E-state index in [9.17, 15) is 27.4 Å². The van der Waals surface area contributed by atoms with Gasteiger partial charge in [0.25, 0.3) is 0 Å². The van der Waals surface area contributed by atoms with E-state index in [0.29, 0.717) is 27.0 Å². The van der Waals surface area contributed by atoms with Crippen LogP contribution in [0.15, 0.2) is 97.1 Å². The first-order valence-electron chi connectivity index (χ1n) is 29.1. The van der Waals surface area contributed by atoms with Crippen molar-refractivity contribution in [2.75, 3.05) is 0 Å². The number of hydrogen-bond donors (Lipinski definition) is 0. The standard InChI is InChI=1S/C48H47N3S/c1-30-28-38-35-19-10-9-16-33(35)29-39(38)45(31(30)2)37-24-25-44-46(36-20-11-12-23-43(36)52-44)47(37)48(34-17-7-4-8-18-34)40(32-14-5-3-6-15-32)21-13-22-41(48)42-26-27-49-51-50-42/h9-13,16,19-28,32,34,40H,3-8,14-15,17-18,29H2,1-2H3/i3D2,4D2,5D2,6D2,7D2,8D2,13D,14D,15D2,17D,18D2,21D,22D,32D,34D,40D. The lowest BCUT2D eigenvalue weighted by Gasteiger charge is -2.54. The molecule has 2 heterocycles. The maximum Gasteiger partial charge on any atom is 0.0932 e. The molecule has 4 heteroatoms. The van der Waals surface area contributed by atoms with Gasteiger partial charge in [0.1, 0.15) is 0 Å². The molecule has 6 unspecified atom stereocenters. The van der Waals surface area contributed by atoms with Crippen molar-refractivity contribution in [2.24, 2.45) is 17.7 Å². The van der Waals surface area contributed by atoms with Gasteiger partial charge < -0.3 is 0 Å². The van der Waals surface area contributed by atoms with Gasteiger partial charge in [-0.2, -0.15) is 0 Å². The van der Waals surface area contributed by atoms with Crippen LogP contribution in [0.2, 0.25) is 0 Å². The smallest absolute Gasteiger partial charge is 0.0932 e. The summed E-state index contributed by atoms with van der Waals surface area (Å²) in [5.74, 6) is -13.6. The Morgan fingerprint density at radius 2 is 1.69 bits per heavy atom. The molecule has 52 heavy (non-hydrogen) atoms. The van der Waals surface area contributed by atoms with Crippen LogP contribution < -0.4 is 0 Å². The number of nitrogens with zero attached hydrogens (tertiary/aromatic N) is 3. The van der Waals surface area contributed by atoms with E-state index in [2.05, 4.69) is 15.4 Å². The van der Waals surface area contributed by atoms with Crippen molar-refractivity contribution >= 4 is 37.1 Å². The molecule has 6 atom stereocenters. The number of fused-ring (bicyclic) bond motifs is 6. The Bertz CT molecular complexity index is 3560. The fourth-order valence-electron chi connectivity index (χ4n) is 8.22. The third kappa shape index (κ3) is 4.86. The zero-order valence-corrected chi connectivity index (χ0v) is 28.9. The molecule has 0 amide bonds. The number of rotatable bonds is 5. The van der Waals surface area contributed by atoms with Gasteiger partial charge in [-0.15, -0.1) is 21.5 Å². The first kappa shape index (κ1) is 15.9. The molecule has 4 aliphatic rings. The Labute approximate surface area is 345 Å². The van der Waals surface area contributed by atoms with Crippen LogP contribution in [0.3, 0.4) is 0 Å². The Kier molecular flexibility index (Phi) is 3.95. The van der Waals surface area contributed by atoms with Crippen LogP contribution in [-0.2, 0) is 11.8 Å². The van der Waals surface area contributed by atoms with Crippen molar-refractivity contribution in [1.29, 1.82) is 0 Å². The van der Waals surface area contributed by atoms with Gasteiger partial charge in [-0.1, -0.05) is 111 Å². The van der Waals surface area contributed by atoms with Gasteiger partial charge in [0, 0.05) is 54.4 Å². The Morgan fingerprint density at radius 3 is 2.60 bits per heavy atom. The van der Waals surface area contributed by atoms with Crippen molar-refractivity contribution in [2.45, 2.75) is 89.5 Å². The predicted octanol–water partition coefficient (Wildman–Crippen LogP) is 12.8. The van der Waals surface area contributed by atoms with Crippen LogP contribution in [0.4, 0.5) is 0 Å². The summed E-state index contributed by atoms with van der Waals surface area (Å²) < 4.78 is 236. The largest absolute Gasteiger partial charge is 0.139 e. The van der Waals surface area contributed by atoms with Crippen LogP contribution in [0.25, 0.3) is 48.0 Å². The van der Waals surface area contributed by atoms with Crippen LogP contribution in [0.1, 0.15) is 130 Å². The molecular weight excluding hydrogens is 651 g/mol. The average molecular weight is 722 g/mol. The summed E-state index contributed by atoms with van der Waals surface area (Å²) in [6.07, 6.45) is -40.1. The summed E-state index contributed by atoms with van der Waals surface area (Å²) in [6, 6.07) is 15.0. The van der Waals surface area contributed by atoms with E-state index in [4.69, 9.17) is 5.48 Å². The van der Waals surface area contributed by atoms with Crippen LogP contribution in [-0.4, -0.2) is 15.4 Å². The second kappa shape index (κ2) is 12.9. The van der Waals surface area contributed by atoms with Crippen LogP contribution in [0, 0.1) is 31.5 Å². The van der Waals surface area contributed by atoms with Gasteiger partial charge in [-0.3, -0.25) is 0 Å². The molecule has 0 N–H and O–H groups in total. The lowest BCUT2D eigenvalue weighted by atomic mass is 9.49. The van der Waals surface area contributed by atoms with Gasteiger partial charge in [-0.25, -0.2) is 0 Å². The Hall–Kier alpha value is -4.41. The molecule has 3 nitrogen and oxygen atoms in total. The lowest BCUT2D eigenvalue weighted by Crippen LogP contribution is -2.48. The number of benzene rings is 4. The molecule has 0 spiro atoms. The summed E-state index contributed by atoms with van der Waals surface area (Å²) in [4.78, 5) is 0. The minimum Gasteiger partial charge on any atom is -0.139 e. The van der Waals surface area contributed by atoms with Crippen LogP contribution in [0.5, 0.6) is 0 Å². The topological polar surface area (TPSA) is 38.7 Å². The third-order valence-electron chi connectivity index (χ3n) is 10.5. The average Bonchev–Trinajstić information content (AvgIpc) is 2.52. The normalized spacial score (nSPS) is 46.3. The highest BCUT2D eigenvalue weighted by Gasteiger charge is 2.54. The van der Waals surface area contributed by atoms with E-state index in [-0.39, 0.29) is 33.0 Å². The first-order chi connectivity index (χ1) is 34.9. The molecule has 4 aliphatic carbocycles. The number of hydrogen-bond acceptors (Lipinski definition) is 4. The molecule has 6 aromatic rings. The van der Waals surface area contributed by atoms with Gasteiger partial charge in [-0.05, 0) is 143 Å². The van der Waals surface area contributed by atoms with E-state index in [1.165, 1.54) is 12.1 Å². The van der Waals surface area contributed by atoms with E-state index in [1.807, 2.05) is 18.2 Å². The predicted molar refractivity (Wildman–Crippen MR) is 218 cm³/mol. The highest BCUT2D eigenvalue weighted by molar-refractivity contribution is 7.25. The molecule has 4 aromatic carbocycles.